The second-order valence-electron chi connectivity index (χ2n) is 5.14. The number of carbonyl (C=O) groups is 1. The lowest BCUT2D eigenvalue weighted by Gasteiger charge is -2.33. The molecule has 1 fully saturated rings. The van der Waals surface area contributed by atoms with Crippen molar-refractivity contribution in [2.24, 2.45) is 0 Å². The molecule has 1 saturated carbocycles. The molecule has 1 aromatic rings. The van der Waals surface area contributed by atoms with Crippen LogP contribution in [0.4, 0.5) is 4.39 Å². The van der Waals surface area contributed by atoms with Gasteiger partial charge >= 0.3 is 0 Å². The number of carbonyl (C=O) groups excluding carboxylic acids is 1. The zero-order valence-electron chi connectivity index (χ0n) is 9.92. The molecule has 0 aromatic heterocycles. The van der Waals surface area contributed by atoms with Gasteiger partial charge in [0.25, 0.3) is 0 Å². The van der Waals surface area contributed by atoms with Gasteiger partial charge in [-0.3, -0.25) is 4.79 Å². The SMILES string of the molecule is CC1=C(F)[C@]2(CCCC(=O)C2)c2ccccc21. The van der Waals surface area contributed by atoms with Crippen molar-refractivity contribution in [3.05, 3.63) is 41.2 Å². The summed E-state index contributed by atoms with van der Waals surface area (Å²) in [7, 11) is 0. The van der Waals surface area contributed by atoms with Crippen molar-refractivity contribution >= 4 is 11.4 Å². The molecule has 88 valence electrons. The molecular weight excluding hydrogens is 215 g/mol. The first-order valence-corrected chi connectivity index (χ1v) is 6.13. The van der Waals surface area contributed by atoms with E-state index in [1.807, 2.05) is 31.2 Å². The van der Waals surface area contributed by atoms with E-state index < -0.39 is 5.41 Å². The molecule has 1 nitrogen and oxygen atoms in total. The van der Waals surface area contributed by atoms with Crippen molar-refractivity contribution < 1.29 is 9.18 Å². The highest BCUT2D eigenvalue weighted by Crippen LogP contribution is 2.53. The number of Topliss-reactive ketones (excluding diaryl/α,β-unsaturated/α-hetero) is 1. The van der Waals surface area contributed by atoms with Crippen molar-refractivity contribution in [3.8, 4) is 0 Å². The Hall–Kier alpha value is -1.44. The fourth-order valence-corrected chi connectivity index (χ4v) is 3.34. The third-order valence-corrected chi connectivity index (χ3v) is 4.15. The monoisotopic (exact) mass is 230 g/mol. The van der Waals surface area contributed by atoms with Crippen LogP contribution in [0.5, 0.6) is 0 Å². The summed E-state index contributed by atoms with van der Waals surface area (Å²) in [6.07, 6.45) is 2.51. The zero-order chi connectivity index (χ0) is 12.0. The molecule has 0 heterocycles. The Labute approximate surface area is 100 Å². The van der Waals surface area contributed by atoms with E-state index in [0.717, 1.165) is 29.5 Å². The van der Waals surface area contributed by atoms with Crippen molar-refractivity contribution in [1.82, 2.24) is 0 Å². The Kier molecular flexibility index (Phi) is 2.22. The van der Waals surface area contributed by atoms with Crippen LogP contribution in [-0.4, -0.2) is 5.78 Å². The molecule has 0 radical (unpaired) electrons. The van der Waals surface area contributed by atoms with Crippen LogP contribution in [0.3, 0.4) is 0 Å². The van der Waals surface area contributed by atoms with Gasteiger partial charge in [0.1, 0.15) is 11.6 Å². The number of benzene rings is 1. The number of ketones is 1. The smallest absolute Gasteiger partial charge is 0.134 e. The van der Waals surface area contributed by atoms with Crippen LogP contribution in [0.2, 0.25) is 0 Å². The maximum atomic E-state index is 14.6. The summed E-state index contributed by atoms with van der Waals surface area (Å²) in [4.78, 5) is 11.7. The van der Waals surface area contributed by atoms with E-state index >= 15 is 0 Å². The first-order valence-electron chi connectivity index (χ1n) is 6.13. The van der Waals surface area contributed by atoms with E-state index in [1.54, 1.807) is 0 Å². The lowest BCUT2D eigenvalue weighted by Crippen LogP contribution is -2.32. The predicted molar refractivity (Wildman–Crippen MR) is 65.3 cm³/mol. The molecule has 2 heteroatoms. The molecule has 0 bridgehead atoms. The Morgan fingerprint density at radius 2 is 2.06 bits per heavy atom. The summed E-state index contributed by atoms with van der Waals surface area (Å²) in [5, 5.41) is 0. The third kappa shape index (κ3) is 1.33. The molecule has 0 unspecified atom stereocenters. The minimum absolute atomic E-state index is 0.0771. The molecule has 1 atom stereocenters. The number of halogens is 1. The predicted octanol–water partition coefficient (Wildman–Crippen LogP) is 3.78. The largest absolute Gasteiger partial charge is 0.300 e. The van der Waals surface area contributed by atoms with Crippen molar-refractivity contribution in [3.63, 3.8) is 0 Å². The molecule has 3 rings (SSSR count). The molecule has 0 amide bonds. The van der Waals surface area contributed by atoms with Gasteiger partial charge in [-0.1, -0.05) is 24.3 Å². The fraction of sp³-hybridized carbons (Fsp3) is 0.400. The number of allylic oxidation sites excluding steroid dienone is 2. The summed E-state index contributed by atoms with van der Waals surface area (Å²) in [6.45, 7) is 1.82. The Morgan fingerprint density at radius 1 is 1.29 bits per heavy atom. The fourth-order valence-electron chi connectivity index (χ4n) is 3.34. The quantitative estimate of drug-likeness (QED) is 0.662. The van der Waals surface area contributed by atoms with Crippen LogP contribution in [-0.2, 0) is 10.2 Å². The van der Waals surface area contributed by atoms with Gasteiger partial charge in [-0.2, -0.15) is 0 Å². The molecule has 0 aliphatic heterocycles. The van der Waals surface area contributed by atoms with Gasteiger partial charge in [-0.25, -0.2) is 4.39 Å². The first-order chi connectivity index (χ1) is 8.15. The van der Waals surface area contributed by atoms with Crippen LogP contribution in [0.1, 0.15) is 43.7 Å². The van der Waals surface area contributed by atoms with E-state index in [-0.39, 0.29) is 11.6 Å². The van der Waals surface area contributed by atoms with Gasteiger partial charge in [0.2, 0.25) is 0 Å². The van der Waals surface area contributed by atoms with Crippen LogP contribution < -0.4 is 0 Å². The van der Waals surface area contributed by atoms with Gasteiger partial charge in [0.05, 0.1) is 5.41 Å². The highest BCUT2D eigenvalue weighted by molar-refractivity contribution is 5.86. The van der Waals surface area contributed by atoms with Crippen LogP contribution in [0.15, 0.2) is 30.1 Å². The molecule has 17 heavy (non-hydrogen) atoms. The van der Waals surface area contributed by atoms with Gasteiger partial charge < -0.3 is 0 Å². The van der Waals surface area contributed by atoms with Crippen LogP contribution in [0, 0.1) is 0 Å². The van der Waals surface area contributed by atoms with Crippen molar-refractivity contribution in [2.75, 3.05) is 0 Å². The van der Waals surface area contributed by atoms with E-state index in [9.17, 15) is 9.18 Å². The summed E-state index contributed by atoms with van der Waals surface area (Å²) < 4.78 is 14.6. The van der Waals surface area contributed by atoms with Crippen LogP contribution >= 0.6 is 0 Å². The summed E-state index contributed by atoms with van der Waals surface area (Å²) in [6, 6.07) is 7.80. The molecule has 2 aliphatic carbocycles. The van der Waals surface area contributed by atoms with E-state index in [1.165, 1.54) is 0 Å². The topological polar surface area (TPSA) is 17.1 Å². The van der Waals surface area contributed by atoms with Gasteiger partial charge in [0, 0.05) is 12.8 Å². The number of hydrogen-bond acceptors (Lipinski definition) is 1. The lowest BCUT2D eigenvalue weighted by molar-refractivity contribution is -0.121. The van der Waals surface area contributed by atoms with Crippen molar-refractivity contribution in [1.29, 1.82) is 0 Å². The van der Waals surface area contributed by atoms with Crippen LogP contribution in [0.25, 0.3) is 5.57 Å². The first kappa shape index (κ1) is 10.7. The highest BCUT2D eigenvalue weighted by atomic mass is 19.1. The number of hydrogen-bond donors (Lipinski definition) is 0. The van der Waals surface area contributed by atoms with Crippen molar-refractivity contribution in [2.45, 2.75) is 38.0 Å². The average molecular weight is 230 g/mol. The Balaban J connectivity index is 2.21. The minimum atomic E-state index is -0.629. The Bertz CT molecular complexity index is 529. The summed E-state index contributed by atoms with van der Waals surface area (Å²) >= 11 is 0. The van der Waals surface area contributed by atoms with Gasteiger partial charge in [0.15, 0.2) is 0 Å². The van der Waals surface area contributed by atoms with Gasteiger partial charge in [-0.15, -0.1) is 0 Å². The molecule has 0 N–H and O–H groups in total. The minimum Gasteiger partial charge on any atom is -0.300 e. The molecular formula is C15H15FO. The number of rotatable bonds is 0. The average Bonchev–Trinajstić information content (AvgIpc) is 2.54. The highest BCUT2D eigenvalue weighted by Gasteiger charge is 2.47. The molecule has 0 saturated heterocycles. The second kappa shape index (κ2) is 3.52. The zero-order valence-corrected chi connectivity index (χ0v) is 9.92. The number of fused-ring (bicyclic) bond motifs is 2. The molecule has 1 aromatic carbocycles. The van der Waals surface area contributed by atoms with Gasteiger partial charge in [-0.05, 0) is 36.5 Å². The second-order valence-corrected chi connectivity index (χ2v) is 5.14. The normalized spacial score (nSPS) is 27.8. The standard InChI is InChI=1S/C15H15FO/c1-10-12-6-2-3-7-13(12)15(14(10)16)8-4-5-11(17)9-15/h2-3,6-7H,4-5,8-9H2,1H3/t15-/m0/s1. The lowest BCUT2D eigenvalue weighted by atomic mass is 9.70. The third-order valence-electron chi connectivity index (χ3n) is 4.15. The summed E-state index contributed by atoms with van der Waals surface area (Å²) in [5.74, 6) is 0.114. The molecule has 2 aliphatic rings. The van der Waals surface area contributed by atoms with E-state index in [0.29, 0.717) is 12.8 Å². The maximum Gasteiger partial charge on any atom is 0.134 e. The summed E-state index contributed by atoms with van der Waals surface area (Å²) in [5.41, 5.74) is 2.09. The van der Waals surface area contributed by atoms with E-state index in [2.05, 4.69) is 0 Å². The maximum absolute atomic E-state index is 14.6. The Morgan fingerprint density at radius 3 is 2.82 bits per heavy atom. The van der Waals surface area contributed by atoms with E-state index in [4.69, 9.17) is 0 Å². The molecule has 1 spiro atoms.